The van der Waals surface area contributed by atoms with Gasteiger partial charge in [0, 0.05) is 18.8 Å². The predicted molar refractivity (Wildman–Crippen MR) is 87.0 cm³/mol. The monoisotopic (exact) mass is 310 g/mol. The van der Waals surface area contributed by atoms with Gasteiger partial charge >= 0.3 is 6.03 Å². The number of para-hydroxylation sites is 1. The van der Waals surface area contributed by atoms with Crippen molar-refractivity contribution in [1.82, 2.24) is 4.90 Å². The van der Waals surface area contributed by atoms with E-state index in [9.17, 15) is 4.79 Å². The first-order valence-corrected chi connectivity index (χ1v) is 7.82. The zero-order chi connectivity index (χ0) is 15.6. The van der Waals surface area contributed by atoms with E-state index in [1.807, 2.05) is 41.3 Å². The van der Waals surface area contributed by atoms with Crippen LogP contribution in [-0.4, -0.2) is 30.7 Å². The van der Waals surface area contributed by atoms with E-state index in [-0.39, 0.29) is 6.03 Å². The number of hydrogen-bond acceptors (Lipinski definition) is 3. The molecular formula is C18H18N2O3. The minimum atomic E-state index is -0.0725. The Morgan fingerprint density at radius 3 is 2.43 bits per heavy atom. The van der Waals surface area contributed by atoms with Crippen LogP contribution in [-0.2, 0) is 13.0 Å². The van der Waals surface area contributed by atoms with Crippen molar-refractivity contribution >= 4 is 11.7 Å². The summed E-state index contributed by atoms with van der Waals surface area (Å²) in [7, 11) is 0. The van der Waals surface area contributed by atoms with Crippen LogP contribution in [0.5, 0.6) is 11.5 Å². The van der Waals surface area contributed by atoms with Gasteiger partial charge in [-0.2, -0.15) is 0 Å². The van der Waals surface area contributed by atoms with Crippen molar-refractivity contribution in [2.24, 2.45) is 0 Å². The van der Waals surface area contributed by atoms with Crippen molar-refractivity contribution in [1.29, 1.82) is 0 Å². The summed E-state index contributed by atoms with van der Waals surface area (Å²) < 4.78 is 11.3. The predicted octanol–water partition coefficient (Wildman–Crippen LogP) is 3.05. The fourth-order valence-corrected chi connectivity index (χ4v) is 2.99. The van der Waals surface area contributed by atoms with Crippen molar-refractivity contribution in [3.8, 4) is 11.5 Å². The molecule has 0 radical (unpaired) electrons. The van der Waals surface area contributed by atoms with Crippen molar-refractivity contribution in [2.75, 3.05) is 25.1 Å². The van der Waals surface area contributed by atoms with E-state index < -0.39 is 0 Å². The molecule has 0 saturated heterocycles. The Morgan fingerprint density at radius 2 is 1.70 bits per heavy atom. The summed E-state index contributed by atoms with van der Waals surface area (Å²) in [6.45, 7) is 2.46. The highest BCUT2D eigenvalue weighted by molar-refractivity contribution is 5.89. The lowest BCUT2D eigenvalue weighted by Crippen LogP contribution is -2.39. The Hall–Kier alpha value is -2.69. The van der Waals surface area contributed by atoms with Crippen LogP contribution in [0.25, 0.3) is 0 Å². The smallest absolute Gasteiger partial charge is 0.322 e. The van der Waals surface area contributed by atoms with Crippen LogP contribution in [0.1, 0.15) is 11.1 Å². The van der Waals surface area contributed by atoms with Crippen LogP contribution < -0.4 is 14.8 Å². The molecule has 2 aliphatic rings. The molecule has 2 aromatic rings. The number of fused-ring (bicyclic) bond motifs is 2. The van der Waals surface area contributed by atoms with E-state index in [4.69, 9.17) is 9.47 Å². The molecule has 5 heteroatoms. The molecule has 0 unspecified atom stereocenters. The third kappa shape index (κ3) is 2.82. The highest BCUT2D eigenvalue weighted by Gasteiger charge is 2.24. The molecular weight excluding hydrogens is 292 g/mol. The molecule has 2 amide bonds. The fourth-order valence-electron chi connectivity index (χ4n) is 2.99. The number of rotatable bonds is 1. The second-order valence-corrected chi connectivity index (χ2v) is 5.73. The van der Waals surface area contributed by atoms with Crippen LogP contribution in [0.2, 0.25) is 0 Å². The molecule has 1 N–H and O–H groups in total. The van der Waals surface area contributed by atoms with Crippen LogP contribution in [0.3, 0.4) is 0 Å². The number of carbonyl (C=O) groups excluding carboxylic acids is 1. The first kappa shape index (κ1) is 13.9. The molecule has 2 aromatic carbocycles. The summed E-state index contributed by atoms with van der Waals surface area (Å²) in [6.07, 6.45) is 0.828. The number of carbonyl (C=O) groups is 1. The van der Waals surface area contributed by atoms with E-state index in [1.54, 1.807) is 0 Å². The maximum absolute atomic E-state index is 12.4. The molecule has 23 heavy (non-hydrogen) atoms. The van der Waals surface area contributed by atoms with Gasteiger partial charge in [-0.25, -0.2) is 4.79 Å². The van der Waals surface area contributed by atoms with Gasteiger partial charge in [-0.05, 0) is 41.8 Å². The molecule has 4 rings (SSSR count). The van der Waals surface area contributed by atoms with E-state index in [2.05, 4.69) is 11.4 Å². The molecule has 2 heterocycles. The SMILES string of the molecule is O=C(Nc1ccccc1)N1CCc2cc3c(cc2C1)OCCO3. The number of urea groups is 1. The first-order valence-electron chi connectivity index (χ1n) is 7.82. The summed E-state index contributed by atoms with van der Waals surface area (Å²) >= 11 is 0. The number of hydrogen-bond donors (Lipinski definition) is 1. The molecule has 2 aliphatic heterocycles. The Kier molecular flexibility index (Phi) is 3.54. The van der Waals surface area contributed by atoms with Crippen molar-refractivity contribution < 1.29 is 14.3 Å². The number of anilines is 1. The average Bonchev–Trinajstić information content (AvgIpc) is 2.60. The molecule has 118 valence electrons. The Morgan fingerprint density at radius 1 is 1.00 bits per heavy atom. The first-order chi connectivity index (χ1) is 11.3. The van der Waals surface area contributed by atoms with Gasteiger partial charge in [0.15, 0.2) is 11.5 Å². The van der Waals surface area contributed by atoms with E-state index in [0.29, 0.717) is 26.3 Å². The van der Waals surface area contributed by atoms with Crippen LogP contribution in [0, 0.1) is 0 Å². The summed E-state index contributed by atoms with van der Waals surface area (Å²) in [5.41, 5.74) is 3.17. The number of amides is 2. The second kappa shape index (κ2) is 5.83. The third-order valence-corrected chi connectivity index (χ3v) is 4.19. The number of benzene rings is 2. The van der Waals surface area contributed by atoms with Gasteiger partial charge in [-0.15, -0.1) is 0 Å². The lowest BCUT2D eigenvalue weighted by molar-refractivity contribution is 0.170. The minimum Gasteiger partial charge on any atom is -0.486 e. The molecule has 0 spiro atoms. The zero-order valence-electron chi connectivity index (χ0n) is 12.7. The number of ether oxygens (including phenoxy) is 2. The Balaban J connectivity index is 1.51. The molecule has 0 atom stereocenters. The summed E-state index contributed by atoms with van der Waals surface area (Å²) in [5, 5.41) is 2.94. The third-order valence-electron chi connectivity index (χ3n) is 4.19. The number of nitrogens with zero attached hydrogens (tertiary/aromatic N) is 1. The lowest BCUT2D eigenvalue weighted by Gasteiger charge is -2.30. The topological polar surface area (TPSA) is 50.8 Å². The normalized spacial score (nSPS) is 15.7. The zero-order valence-corrected chi connectivity index (χ0v) is 12.7. The second-order valence-electron chi connectivity index (χ2n) is 5.73. The summed E-state index contributed by atoms with van der Waals surface area (Å²) in [6, 6.07) is 13.5. The number of nitrogens with one attached hydrogen (secondary N) is 1. The van der Waals surface area contributed by atoms with Gasteiger partial charge in [0.1, 0.15) is 13.2 Å². The molecule has 5 nitrogen and oxygen atoms in total. The minimum absolute atomic E-state index is 0.0725. The summed E-state index contributed by atoms with van der Waals surface area (Å²) in [5.74, 6) is 1.59. The molecule has 0 saturated carbocycles. The lowest BCUT2D eigenvalue weighted by atomic mass is 9.99. The standard InChI is InChI=1S/C18H18N2O3/c21-18(19-15-4-2-1-3-5-15)20-7-6-13-10-16-17(11-14(13)12-20)23-9-8-22-16/h1-5,10-11H,6-9,12H2,(H,19,21). The van der Waals surface area contributed by atoms with Gasteiger partial charge in [0.05, 0.1) is 0 Å². The van der Waals surface area contributed by atoms with Crippen molar-refractivity contribution in [3.63, 3.8) is 0 Å². The van der Waals surface area contributed by atoms with Crippen molar-refractivity contribution in [3.05, 3.63) is 53.6 Å². The van der Waals surface area contributed by atoms with Gasteiger partial charge < -0.3 is 19.7 Å². The van der Waals surface area contributed by atoms with Gasteiger partial charge in [-0.3, -0.25) is 0 Å². The molecule has 0 bridgehead atoms. The fraction of sp³-hybridized carbons (Fsp3) is 0.278. The highest BCUT2D eigenvalue weighted by Crippen LogP contribution is 2.35. The van der Waals surface area contributed by atoms with Crippen LogP contribution >= 0.6 is 0 Å². The van der Waals surface area contributed by atoms with E-state index in [0.717, 1.165) is 29.2 Å². The van der Waals surface area contributed by atoms with Gasteiger partial charge in [0.2, 0.25) is 0 Å². The quantitative estimate of drug-likeness (QED) is 0.881. The summed E-state index contributed by atoms with van der Waals surface area (Å²) in [4.78, 5) is 14.2. The van der Waals surface area contributed by atoms with Gasteiger partial charge in [-0.1, -0.05) is 18.2 Å². The van der Waals surface area contributed by atoms with Gasteiger partial charge in [0.25, 0.3) is 0 Å². The molecule has 0 aromatic heterocycles. The maximum Gasteiger partial charge on any atom is 0.322 e. The molecule has 0 fully saturated rings. The molecule has 0 aliphatic carbocycles. The van der Waals surface area contributed by atoms with Crippen LogP contribution in [0.15, 0.2) is 42.5 Å². The maximum atomic E-state index is 12.4. The average molecular weight is 310 g/mol. The Labute approximate surface area is 134 Å². The van der Waals surface area contributed by atoms with E-state index >= 15 is 0 Å². The van der Waals surface area contributed by atoms with E-state index in [1.165, 1.54) is 5.56 Å². The largest absolute Gasteiger partial charge is 0.486 e. The highest BCUT2D eigenvalue weighted by atomic mass is 16.6. The van der Waals surface area contributed by atoms with Crippen molar-refractivity contribution in [2.45, 2.75) is 13.0 Å². The Bertz CT molecular complexity index is 731. The van der Waals surface area contributed by atoms with Crippen LogP contribution in [0.4, 0.5) is 10.5 Å².